The number of benzene rings is 2. The molecular formula is C17H20N2O2. The number of methoxy groups -OCH3 is 1. The number of hydrogen-bond donors (Lipinski definition) is 1. The van der Waals surface area contributed by atoms with Gasteiger partial charge >= 0.3 is 0 Å². The fraction of sp³-hybridized carbons (Fsp3) is 0.235. The van der Waals surface area contributed by atoms with E-state index in [1.165, 1.54) is 0 Å². The zero-order valence-electron chi connectivity index (χ0n) is 12.6. The molecule has 0 saturated carbocycles. The average Bonchev–Trinajstić information content (AvgIpc) is 2.47. The number of carbonyl (C=O) groups is 1. The van der Waals surface area contributed by atoms with Crippen LogP contribution in [0.1, 0.15) is 0 Å². The fourth-order valence-electron chi connectivity index (χ4n) is 2.09. The average molecular weight is 284 g/mol. The molecule has 0 saturated heterocycles. The first kappa shape index (κ1) is 15.1. The van der Waals surface area contributed by atoms with Crippen LogP contribution in [-0.4, -0.2) is 38.6 Å². The van der Waals surface area contributed by atoms with Crippen molar-refractivity contribution in [1.82, 2.24) is 4.90 Å². The van der Waals surface area contributed by atoms with Crippen LogP contribution in [0.3, 0.4) is 0 Å². The van der Waals surface area contributed by atoms with Crippen LogP contribution >= 0.6 is 0 Å². The third-order valence-electron chi connectivity index (χ3n) is 3.06. The summed E-state index contributed by atoms with van der Waals surface area (Å²) in [6.45, 7) is 0.358. The van der Waals surface area contributed by atoms with Gasteiger partial charge < -0.3 is 15.0 Å². The molecule has 0 bridgehead atoms. The minimum absolute atomic E-state index is 0.0269. The maximum Gasteiger partial charge on any atom is 0.238 e. The predicted octanol–water partition coefficient (Wildman–Crippen LogP) is 2.86. The Morgan fingerprint density at radius 3 is 2.38 bits per heavy atom. The van der Waals surface area contributed by atoms with Crippen molar-refractivity contribution < 1.29 is 9.53 Å². The van der Waals surface area contributed by atoms with Gasteiger partial charge in [0.05, 0.1) is 13.7 Å². The molecule has 0 spiro atoms. The zero-order valence-corrected chi connectivity index (χ0v) is 12.6. The van der Waals surface area contributed by atoms with Crippen molar-refractivity contribution in [3.05, 3.63) is 48.5 Å². The molecule has 4 heteroatoms. The van der Waals surface area contributed by atoms with Crippen molar-refractivity contribution in [3.8, 4) is 16.9 Å². The van der Waals surface area contributed by atoms with Gasteiger partial charge in [-0.05, 0) is 37.9 Å². The number of hydrogen-bond acceptors (Lipinski definition) is 3. The summed E-state index contributed by atoms with van der Waals surface area (Å²) in [5, 5.41) is 2.96. The van der Waals surface area contributed by atoms with Crippen LogP contribution < -0.4 is 10.1 Å². The molecule has 2 aromatic carbocycles. The maximum absolute atomic E-state index is 11.9. The van der Waals surface area contributed by atoms with E-state index < -0.39 is 0 Å². The standard InChI is InChI=1S/C17H20N2O2/c1-19(2)12-17(20)18-16-7-5-4-6-15(16)13-8-10-14(21-3)11-9-13/h4-11H,12H2,1-3H3,(H,18,20). The number of carbonyl (C=O) groups excluding carboxylic acids is 1. The molecule has 0 aliphatic rings. The van der Waals surface area contributed by atoms with Crippen molar-refractivity contribution in [3.63, 3.8) is 0 Å². The molecule has 0 aliphatic carbocycles. The highest BCUT2D eigenvalue weighted by Crippen LogP contribution is 2.29. The van der Waals surface area contributed by atoms with Crippen LogP contribution in [0, 0.1) is 0 Å². The maximum atomic E-state index is 11.9. The molecule has 2 aromatic rings. The van der Waals surface area contributed by atoms with Gasteiger partial charge in [-0.15, -0.1) is 0 Å². The number of nitrogens with one attached hydrogen (secondary N) is 1. The van der Waals surface area contributed by atoms with Crippen LogP contribution in [0.4, 0.5) is 5.69 Å². The molecule has 0 fully saturated rings. The zero-order chi connectivity index (χ0) is 15.2. The summed E-state index contributed by atoms with van der Waals surface area (Å²) in [6.07, 6.45) is 0. The molecule has 21 heavy (non-hydrogen) atoms. The lowest BCUT2D eigenvalue weighted by atomic mass is 10.0. The van der Waals surface area contributed by atoms with Gasteiger partial charge in [0.15, 0.2) is 0 Å². The second-order valence-corrected chi connectivity index (χ2v) is 5.06. The number of ether oxygens (including phenoxy) is 1. The van der Waals surface area contributed by atoms with Gasteiger partial charge in [0.2, 0.25) is 5.91 Å². The van der Waals surface area contributed by atoms with E-state index in [0.717, 1.165) is 22.6 Å². The smallest absolute Gasteiger partial charge is 0.238 e. The summed E-state index contributed by atoms with van der Waals surface area (Å²) >= 11 is 0. The highest BCUT2D eigenvalue weighted by Gasteiger charge is 2.09. The third kappa shape index (κ3) is 4.07. The van der Waals surface area contributed by atoms with Crippen molar-refractivity contribution >= 4 is 11.6 Å². The molecule has 0 unspecified atom stereocenters. The lowest BCUT2D eigenvalue weighted by Gasteiger charge is -2.14. The van der Waals surface area contributed by atoms with E-state index >= 15 is 0 Å². The Bertz CT molecular complexity index is 606. The SMILES string of the molecule is COc1ccc(-c2ccccc2NC(=O)CN(C)C)cc1. The van der Waals surface area contributed by atoms with E-state index in [4.69, 9.17) is 4.74 Å². The number of nitrogens with zero attached hydrogens (tertiary/aromatic N) is 1. The fourth-order valence-corrected chi connectivity index (χ4v) is 2.09. The molecule has 2 rings (SSSR count). The van der Waals surface area contributed by atoms with E-state index in [-0.39, 0.29) is 5.91 Å². The number of amides is 1. The van der Waals surface area contributed by atoms with Crippen molar-refractivity contribution in [2.45, 2.75) is 0 Å². The summed E-state index contributed by atoms with van der Waals surface area (Å²) in [6, 6.07) is 15.6. The van der Waals surface area contributed by atoms with Crippen LogP contribution in [0.5, 0.6) is 5.75 Å². The summed E-state index contributed by atoms with van der Waals surface area (Å²) in [7, 11) is 5.38. The van der Waals surface area contributed by atoms with Crippen molar-refractivity contribution in [2.75, 3.05) is 33.1 Å². The molecule has 110 valence electrons. The molecule has 0 aliphatic heterocycles. The Hall–Kier alpha value is -2.33. The van der Waals surface area contributed by atoms with E-state index in [2.05, 4.69) is 5.32 Å². The predicted molar refractivity (Wildman–Crippen MR) is 85.6 cm³/mol. The second-order valence-electron chi connectivity index (χ2n) is 5.06. The van der Waals surface area contributed by atoms with Gasteiger partial charge in [-0.25, -0.2) is 0 Å². The van der Waals surface area contributed by atoms with Crippen molar-refractivity contribution in [1.29, 1.82) is 0 Å². The molecular weight excluding hydrogens is 264 g/mol. The normalized spacial score (nSPS) is 10.5. The highest BCUT2D eigenvalue weighted by atomic mass is 16.5. The Morgan fingerprint density at radius 1 is 1.10 bits per heavy atom. The molecule has 0 radical (unpaired) electrons. The Morgan fingerprint density at radius 2 is 1.76 bits per heavy atom. The summed E-state index contributed by atoms with van der Waals surface area (Å²) in [4.78, 5) is 13.8. The minimum atomic E-state index is -0.0269. The number of rotatable bonds is 5. The second kappa shape index (κ2) is 6.90. The first-order chi connectivity index (χ1) is 10.1. The summed E-state index contributed by atoms with van der Waals surface area (Å²) in [5.41, 5.74) is 2.85. The first-order valence-corrected chi connectivity index (χ1v) is 6.78. The summed E-state index contributed by atoms with van der Waals surface area (Å²) < 4.78 is 5.17. The number of para-hydroxylation sites is 1. The van der Waals surface area contributed by atoms with Crippen LogP contribution in [0.25, 0.3) is 11.1 Å². The van der Waals surface area contributed by atoms with Crippen LogP contribution in [0.15, 0.2) is 48.5 Å². The minimum Gasteiger partial charge on any atom is -0.497 e. The largest absolute Gasteiger partial charge is 0.497 e. The van der Waals surface area contributed by atoms with Gasteiger partial charge in [-0.2, -0.15) is 0 Å². The molecule has 4 nitrogen and oxygen atoms in total. The van der Waals surface area contributed by atoms with Gasteiger partial charge in [0.1, 0.15) is 5.75 Å². The Kier molecular flexibility index (Phi) is 4.95. The monoisotopic (exact) mass is 284 g/mol. The van der Waals surface area contributed by atoms with E-state index in [9.17, 15) is 4.79 Å². The Labute approximate surface area is 125 Å². The first-order valence-electron chi connectivity index (χ1n) is 6.78. The molecule has 1 N–H and O–H groups in total. The van der Waals surface area contributed by atoms with Crippen molar-refractivity contribution in [2.24, 2.45) is 0 Å². The van der Waals surface area contributed by atoms with E-state index in [0.29, 0.717) is 6.54 Å². The number of likely N-dealkylation sites (N-methyl/N-ethyl adjacent to an activating group) is 1. The molecule has 0 atom stereocenters. The number of anilines is 1. The Balaban J connectivity index is 2.25. The molecule has 1 amide bonds. The lowest BCUT2D eigenvalue weighted by Crippen LogP contribution is -2.27. The van der Waals surface area contributed by atoms with E-state index in [1.807, 2.05) is 67.5 Å². The quantitative estimate of drug-likeness (QED) is 0.918. The topological polar surface area (TPSA) is 41.6 Å². The van der Waals surface area contributed by atoms with E-state index in [1.54, 1.807) is 7.11 Å². The van der Waals surface area contributed by atoms with Crippen LogP contribution in [-0.2, 0) is 4.79 Å². The van der Waals surface area contributed by atoms with Crippen LogP contribution in [0.2, 0.25) is 0 Å². The van der Waals surface area contributed by atoms with Gasteiger partial charge in [0, 0.05) is 11.3 Å². The molecule has 0 aromatic heterocycles. The lowest BCUT2D eigenvalue weighted by molar-refractivity contribution is -0.116. The molecule has 0 heterocycles. The van der Waals surface area contributed by atoms with Gasteiger partial charge in [0.25, 0.3) is 0 Å². The summed E-state index contributed by atoms with van der Waals surface area (Å²) in [5.74, 6) is 0.786. The third-order valence-corrected chi connectivity index (χ3v) is 3.06. The van der Waals surface area contributed by atoms with Gasteiger partial charge in [-0.3, -0.25) is 4.79 Å². The highest BCUT2D eigenvalue weighted by molar-refractivity contribution is 5.96. The van der Waals surface area contributed by atoms with Gasteiger partial charge in [-0.1, -0.05) is 30.3 Å².